The largest absolute Gasteiger partial charge is 0.120 e. The van der Waals surface area contributed by atoms with Gasteiger partial charge in [0.1, 0.15) is 0 Å². The molecular weight excluding hydrogens is 132 g/mol. The molecule has 0 bridgehead atoms. The van der Waals surface area contributed by atoms with Crippen molar-refractivity contribution in [2.24, 2.45) is 5.92 Å². The molecule has 0 unspecified atom stereocenters. The highest BCUT2D eigenvalue weighted by Gasteiger charge is 2.13. The van der Waals surface area contributed by atoms with Crippen LogP contribution in [-0.2, 0) is 0 Å². The van der Waals surface area contributed by atoms with Gasteiger partial charge in [0.15, 0.2) is 0 Å². The third-order valence-corrected chi connectivity index (χ3v) is 2.66. The summed E-state index contributed by atoms with van der Waals surface area (Å²) in [4.78, 5) is 0. The van der Waals surface area contributed by atoms with E-state index in [1.54, 1.807) is 0 Å². The van der Waals surface area contributed by atoms with Crippen LogP contribution in [0.25, 0.3) is 0 Å². The average molecular weight is 150 g/mol. The Morgan fingerprint density at radius 2 is 1.91 bits per heavy atom. The summed E-state index contributed by atoms with van der Waals surface area (Å²) in [7, 11) is 0. The van der Waals surface area contributed by atoms with Crippen LogP contribution in [0.5, 0.6) is 0 Å². The summed E-state index contributed by atoms with van der Waals surface area (Å²) in [5, 5.41) is 0. The molecule has 0 aromatic heterocycles. The van der Waals surface area contributed by atoms with Crippen molar-refractivity contribution in [2.75, 3.05) is 0 Å². The van der Waals surface area contributed by atoms with Crippen molar-refractivity contribution in [1.29, 1.82) is 0 Å². The minimum atomic E-state index is 0.979. The predicted molar refractivity (Wildman–Crippen MR) is 49.3 cm³/mol. The first-order valence-corrected chi connectivity index (χ1v) is 4.87. The van der Waals surface area contributed by atoms with Crippen LogP contribution < -0.4 is 0 Å². The first kappa shape index (κ1) is 8.65. The van der Waals surface area contributed by atoms with E-state index in [2.05, 4.69) is 5.92 Å². The smallest absolute Gasteiger partial charge is 0.00860 e. The van der Waals surface area contributed by atoms with E-state index in [-0.39, 0.29) is 0 Å². The second-order valence-corrected chi connectivity index (χ2v) is 3.60. The lowest BCUT2D eigenvalue weighted by atomic mass is 10.0. The van der Waals surface area contributed by atoms with E-state index in [1.165, 1.54) is 44.9 Å². The maximum atomic E-state index is 5.17. The molecule has 0 nitrogen and oxygen atoms in total. The molecule has 0 aromatic rings. The molecule has 1 rings (SSSR count). The van der Waals surface area contributed by atoms with Gasteiger partial charge in [-0.05, 0) is 12.3 Å². The second-order valence-electron chi connectivity index (χ2n) is 3.60. The minimum Gasteiger partial charge on any atom is -0.120 e. The summed E-state index contributed by atoms with van der Waals surface area (Å²) in [5.41, 5.74) is 0. The summed E-state index contributed by atoms with van der Waals surface area (Å²) < 4.78 is 0. The third-order valence-electron chi connectivity index (χ3n) is 2.66. The first-order chi connectivity index (χ1) is 5.43. The van der Waals surface area contributed by atoms with Crippen LogP contribution in [0.3, 0.4) is 0 Å². The number of unbranched alkanes of at least 4 members (excludes halogenated alkanes) is 2. The highest BCUT2D eigenvalue weighted by Crippen LogP contribution is 2.28. The monoisotopic (exact) mass is 150 g/mol. The maximum absolute atomic E-state index is 5.17. The van der Waals surface area contributed by atoms with Gasteiger partial charge in [-0.2, -0.15) is 0 Å². The van der Waals surface area contributed by atoms with Gasteiger partial charge in [-0.3, -0.25) is 0 Å². The Balaban J connectivity index is 1.90. The van der Waals surface area contributed by atoms with Crippen LogP contribution in [0.4, 0.5) is 0 Å². The molecule has 11 heavy (non-hydrogen) atoms. The predicted octanol–water partition coefficient (Wildman–Crippen LogP) is 3.37. The Hall–Kier alpha value is -0.440. The van der Waals surface area contributed by atoms with Crippen molar-refractivity contribution >= 4 is 0 Å². The lowest BCUT2D eigenvalue weighted by Crippen LogP contribution is -1.91. The highest BCUT2D eigenvalue weighted by atomic mass is 14.2. The zero-order valence-corrected chi connectivity index (χ0v) is 7.31. The zero-order valence-electron chi connectivity index (χ0n) is 7.31. The van der Waals surface area contributed by atoms with Gasteiger partial charge in [0.2, 0.25) is 0 Å². The van der Waals surface area contributed by atoms with Gasteiger partial charge in [0.25, 0.3) is 0 Å². The molecule has 0 heteroatoms. The molecule has 0 N–H and O–H groups in total. The van der Waals surface area contributed by atoms with Crippen molar-refractivity contribution in [2.45, 2.75) is 51.4 Å². The SMILES string of the molecule is C#CCCCCC1CCCC1. The fraction of sp³-hybridized carbons (Fsp3) is 0.818. The molecule has 0 radical (unpaired) electrons. The van der Waals surface area contributed by atoms with Gasteiger partial charge >= 0.3 is 0 Å². The molecule has 62 valence electrons. The summed E-state index contributed by atoms with van der Waals surface area (Å²) in [6.45, 7) is 0. The van der Waals surface area contributed by atoms with Crippen molar-refractivity contribution in [3.05, 3.63) is 0 Å². The lowest BCUT2D eigenvalue weighted by molar-refractivity contribution is 0.476. The number of hydrogen-bond donors (Lipinski definition) is 0. The van der Waals surface area contributed by atoms with Crippen LogP contribution in [0.1, 0.15) is 51.4 Å². The third kappa shape index (κ3) is 3.46. The molecular formula is C11H18. The van der Waals surface area contributed by atoms with Crippen LogP contribution in [-0.4, -0.2) is 0 Å². The highest BCUT2D eigenvalue weighted by molar-refractivity contribution is 4.83. The van der Waals surface area contributed by atoms with E-state index in [0.717, 1.165) is 12.3 Å². The molecule has 1 aliphatic carbocycles. The fourth-order valence-corrected chi connectivity index (χ4v) is 1.96. The molecule has 0 spiro atoms. The summed E-state index contributed by atoms with van der Waals surface area (Å²) in [5.74, 6) is 3.74. The molecule has 1 saturated carbocycles. The molecule has 0 amide bonds. The molecule has 1 aliphatic rings. The summed E-state index contributed by atoms with van der Waals surface area (Å²) >= 11 is 0. The average Bonchev–Trinajstić information content (AvgIpc) is 2.50. The van der Waals surface area contributed by atoms with Gasteiger partial charge in [-0.1, -0.05) is 38.5 Å². The molecule has 0 aromatic carbocycles. The first-order valence-electron chi connectivity index (χ1n) is 4.87. The molecule has 0 atom stereocenters. The number of terminal acetylenes is 1. The molecule has 0 heterocycles. The van der Waals surface area contributed by atoms with Gasteiger partial charge < -0.3 is 0 Å². The van der Waals surface area contributed by atoms with Crippen molar-refractivity contribution in [3.63, 3.8) is 0 Å². The molecule has 1 fully saturated rings. The van der Waals surface area contributed by atoms with Crippen LogP contribution in [0, 0.1) is 18.3 Å². The van der Waals surface area contributed by atoms with Gasteiger partial charge in [-0.25, -0.2) is 0 Å². The normalized spacial score (nSPS) is 18.5. The van der Waals surface area contributed by atoms with E-state index >= 15 is 0 Å². The lowest BCUT2D eigenvalue weighted by Gasteiger charge is -2.06. The number of rotatable bonds is 4. The Morgan fingerprint density at radius 3 is 2.55 bits per heavy atom. The van der Waals surface area contributed by atoms with Crippen LogP contribution in [0.15, 0.2) is 0 Å². The topological polar surface area (TPSA) is 0 Å². The molecule has 0 aliphatic heterocycles. The Labute approximate surface area is 70.4 Å². The minimum absolute atomic E-state index is 0.979. The Morgan fingerprint density at radius 1 is 1.18 bits per heavy atom. The maximum Gasteiger partial charge on any atom is 0.00860 e. The van der Waals surface area contributed by atoms with Gasteiger partial charge in [0.05, 0.1) is 0 Å². The Kier molecular flexibility index (Phi) is 4.12. The van der Waals surface area contributed by atoms with E-state index in [1.807, 2.05) is 0 Å². The van der Waals surface area contributed by atoms with Gasteiger partial charge in [0, 0.05) is 6.42 Å². The summed E-state index contributed by atoms with van der Waals surface area (Å²) in [6, 6.07) is 0. The second kappa shape index (κ2) is 5.24. The Bertz CT molecular complexity index is 123. The van der Waals surface area contributed by atoms with E-state index in [0.29, 0.717) is 0 Å². The van der Waals surface area contributed by atoms with Crippen LogP contribution >= 0.6 is 0 Å². The van der Waals surface area contributed by atoms with Crippen molar-refractivity contribution in [1.82, 2.24) is 0 Å². The zero-order chi connectivity index (χ0) is 7.94. The van der Waals surface area contributed by atoms with E-state index in [9.17, 15) is 0 Å². The quantitative estimate of drug-likeness (QED) is 0.426. The fourth-order valence-electron chi connectivity index (χ4n) is 1.96. The van der Waals surface area contributed by atoms with Crippen LogP contribution in [0.2, 0.25) is 0 Å². The standard InChI is InChI=1S/C11H18/c1-2-3-4-5-8-11-9-6-7-10-11/h1,11H,3-10H2. The van der Waals surface area contributed by atoms with E-state index < -0.39 is 0 Å². The van der Waals surface area contributed by atoms with Crippen molar-refractivity contribution < 1.29 is 0 Å². The number of hydrogen-bond acceptors (Lipinski definition) is 0. The van der Waals surface area contributed by atoms with E-state index in [4.69, 9.17) is 6.42 Å². The summed E-state index contributed by atoms with van der Waals surface area (Å²) in [6.07, 6.45) is 16.1. The van der Waals surface area contributed by atoms with Crippen molar-refractivity contribution in [3.8, 4) is 12.3 Å². The molecule has 0 saturated heterocycles. The van der Waals surface area contributed by atoms with Gasteiger partial charge in [-0.15, -0.1) is 12.3 Å².